The third-order valence-corrected chi connectivity index (χ3v) is 11.0. The van der Waals surface area contributed by atoms with Gasteiger partial charge in [0.1, 0.15) is 0 Å². The van der Waals surface area contributed by atoms with Crippen molar-refractivity contribution in [2.24, 2.45) is 0 Å². The Bertz CT molecular complexity index is 3280. The third kappa shape index (κ3) is 5.53. The second-order valence-electron chi connectivity index (χ2n) is 14.4. The summed E-state index contributed by atoms with van der Waals surface area (Å²) >= 11 is 0. The molecule has 0 aliphatic carbocycles. The largest absolute Gasteiger partial charge is 0.309 e. The van der Waals surface area contributed by atoms with Gasteiger partial charge < -0.3 is 9.13 Å². The summed E-state index contributed by atoms with van der Waals surface area (Å²) in [7, 11) is 0. The van der Waals surface area contributed by atoms with Gasteiger partial charge in [-0.05, 0) is 71.8 Å². The van der Waals surface area contributed by atoms with Gasteiger partial charge in [-0.25, -0.2) is 15.0 Å². The molecule has 0 unspecified atom stereocenters. The van der Waals surface area contributed by atoms with Crippen molar-refractivity contribution in [2.75, 3.05) is 0 Å². The van der Waals surface area contributed by atoms with Gasteiger partial charge in [0, 0.05) is 49.6 Å². The number of nitrogens with zero attached hydrogens (tertiary/aromatic N) is 6. The zero-order chi connectivity index (χ0) is 38.6. The van der Waals surface area contributed by atoms with Crippen LogP contribution in [0, 0.1) is 11.3 Å². The summed E-state index contributed by atoms with van der Waals surface area (Å²) in [6, 6.07) is 69.3. The van der Waals surface area contributed by atoms with Gasteiger partial charge in [-0.15, -0.1) is 0 Å². The van der Waals surface area contributed by atoms with Gasteiger partial charge in [0.05, 0.1) is 33.7 Å². The van der Waals surface area contributed by atoms with Gasteiger partial charge in [-0.1, -0.05) is 133 Å². The van der Waals surface area contributed by atoms with Crippen molar-refractivity contribution >= 4 is 43.6 Å². The highest BCUT2D eigenvalue weighted by atomic mass is 15.0. The highest BCUT2D eigenvalue weighted by Crippen LogP contribution is 2.39. The molecule has 3 aromatic heterocycles. The zero-order valence-electron chi connectivity index (χ0n) is 31.2. The quantitative estimate of drug-likeness (QED) is 0.170. The summed E-state index contributed by atoms with van der Waals surface area (Å²) in [5, 5.41) is 14.4. The highest BCUT2D eigenvalue weighted by Gasteiger charge is 2.19. The van der Waals surface area contributed by atoms with Crippen LogP contribution in [0.1, 0.15) is 5.56 Å². The van der Waals surface area contributed by atoms with Gasteiger partial charge >= 0.3 is 0 Å². The number of aromatic nitrogens is 5. The van der Waals surface area contributed by atoms with Crippen molar-refractivity contribution < 1.29 is 0 Å². The highest BCUT2D eigenvalue weighted by molar-refractivity contribution is 6.12. The summed E-state index contributed by atoms with van der Waals surface area (Å²) in [6.07, 6.45) is 0. The van der Waals surface area contributed by atoms with Crippen molar-refractivity contribution in [3.63, 3.8) is 0 Å². The maximum atomic E-state index is 9.63. The average Bonchev–Trinajstić information content (AvgIpc) is 3.82. The molecule has 0 saturated heterocycles. The van der Waals surface area contributed by atoms with Gasteiger partial charge in [0.25, 0.3) is 0 Å². The number of nitriles is 1. The van der Waals surface area contributed by atoms with Crippen LogP contribution in [0.3, 0.4) is 0 Å². The molecule has 8 aromatic carbocycles. The molecule has 6 heteroatoms. The van der Waals surface area contributed by atoms with E-state index in [1.807, 2.05) is 84.9 Å². The van der Waals surface area contributed by atoms with E-state index in [4.69, 9.17) is 15.0 Å². The van der Waals surface area contributed by atoms with Crippen LogP contribution in [0.5, 0.6) is 0 Å². The molecule has 11 aromatic rings. The maximum Gasteiger partial charge on any atom is 0.164 e. The Morgan fingerprint density at radius 3 is 1.31 bits per heavy atom. The fourth-order valence-electron chi connectivity index (χ4n) is 8.29. The molecular weight excluding hydrogens is 709 g/mol. The fraction of sp³-hybridized carbons (Fsp3) is 0. The predicted octanol–water partition coefficient (Wildman–Crippen LogP) is 12.6. The van der Waals surface area contributed by atoms with Crippen LogP contribution in [0.15, 0.2) is 194 Å². The van der Waals surface area contributed by atoms with E-state index in [9.17, 15) is 5.26 Å². The van der Waals surface area contributed by atoms with E-state index in [2.05, 4.69) is 124 Å². The Morgan fingerprint density at radius 2 is 0.776 bits per heavy atom. The molecule has 0 N–H and O–H groups in total. The standard InChI is InChI=1S/C52H32N6/c53-33-34-23-25-35(26-24-34)38-29-39(52-55-50(36-13-3-1-4-14-36)54-51(56-52)37-15-5-2-6-16-37)31-41(30-38)58-48-22-12-9-19-44(48)45-28-27-40(32-49(45)58)57-46-20-10-7-17-42(46)43-18-8-11-21-47(43)57/h1-32H. The molecule has 3 heterocycles. The average molecular weight is 741 g/mol. The predicted molar refractivity (Wildman–Crippen MR) is 235 cm³/mol. The second-order valence-corrected chi connectivity index (χ2v) is 14.4. The van der Waals surface area contributed by atoms with Crippen LogP contribution in [-0.4, -0.2) is 24.1 Å². The van der Waals surface area contributed by atoms with Gasteiger partial charge in [0.15, 0.2) is 17.5 Å². The lowest BCUT2D eigenvalue weighted by Gasteiger charge is -2.15. The molecule has 0 aliphatic heterocycles. The lowest BCUT2D eigenvalue weighted by atomic mass is 10.00. The molecule has 0 aliphatic rings. The van der Waals surface area contributed by atoms with E-state index in [-0.39, 0.29) is 0 Å². The molecule has 0 amide bonds. The van der Waals surface area contributed by atoms with E-state index in [1.54, 1.807) is 0 Å². The molecule has 11 rings (SSSR count). The van der Waals surface area contributed by atoms with E-state index in [0.29, 0.717) is 23.0 Å². The van der Waals surface area contributed by atoms with Crippen LogP contribution >= 0.6 is 0 Å². The normalized spacial score (nSPS) is 11.4. The molecule has 0 saturated carbocycles. The Kier molecular flexibility index (Phi) is 7.76. The summed E-state index contributed by atoms with van der Waals surface area (Å²) in [5.74, 6) is 1.76. The second kappa shape index (κ2) is 13.6. The first-order valence-corrected chi connectivity index (χ1v) is 19.3. The summed E-state index contributed by atoms with van der Waals surface area (Å²) in [4.78, 5) is 15.2. The Hall–Kier alpha value is -8.14. The summed E-state index contributed by atoms with van der Waals surface area (Å²) in [5.41, 5.74) is 11.8. The van der Waals surface area contributed by atoms with Gasteiger partial charge in [-0.2, -0.15) is 5.26 Å². The molecule has 58 heavy (non-hydrogen) atoms. The fourth-order valence-corrected chi connectivity index (χ4v) is 8.29. The monoisotopic (exact) mass is 740 g/mol. The van der Waals surface area contributed by atoms with Crippen molar-refractivity contribution in [3.05, 3.63) is 200 Å². The molecule has 0 spiro atoms. The number of hydrogen-bond acceptors (Lipinski definition) is 4. The van der Waals surface area contributed by atoms with Gasteiger partial charge in [0.2, 0.25) is 0 Å². The Balaban J connectivity index is 1.19. The summed E-state index contributed by atoms with van der Waals surface area (Å²) < 4.78 is 4.72. The Labute approximate surface area is 334 Å². The number of benzene rings is 8. The van der Waals surface area contributed by atoms with Crippen molar-refractivity contribution in [3.8, 4) is 62.7 Å². The van der Waals surface area contributed by atoms with Crippen LogP contribution in [0.2, 0.25) is 0 Å². The first kappa shape index (κ1) is 33.2. The number of hydrogen-bond donors (Lipinski definition) is 0. The first-order valence-electron chi connectivity index (χ1n) is 19.3. The first-order chi connectivity index (χ1) is 28.7. The SMILES string of the molecule is N#Cc1ccc(-c2cc(-c3nc(-c4ccccc4)nc(-c4ccccc4)n3)cc(-n3c4ccccc4c4ccc(-n5c6ccccc6c6ccccc65)cc43)c2)cc1. The third-order valence-electron chi connectivity index (χ3n) is 11.0. The molecule has 6 nitrogen and oxygen atoms in total. The lowest BCUT2D eigenvalue weighted by molar-refractivity contribution is 1.07. The zero-order valence-corrected chi connectivity index (χ0v) is 31.2. The van der Waals surface area contributed by atoms with E-state index >= 15 is 0 Å². The molecule has 0 fully saturated rings. The number of para-hydroxylation sites is 3. The minimum Gasteiger partial charge on any atom is -0.309 e. The van der Waals surface area contributed by atoms with Crippen LogP contribution in [0.25, 0.3) is 100 Å². The minimum atomic E-state index is 0.566. The van der Waals surface area contributed by atoms with Crippen LogP contribution in [-0.2, 0) is 0 Å². The van der Waals surface area contributed by atoms with E-state index in [0.717, 1.165) is 72.0 Å². The Morgan fingerprint density at radius 1 is 0.328 bits per heavy atom. The van der Waals surface area contributed by atoms with Crippen molar-refractivity contribution in [2.45, 2.75) is 0 Å². The summed E-state index contributed by atoms with van der Waals surface area (Å²) in [6.45, 7) is 0. The molecule has 0 bridgehead atoms. The molecule has 0 radical (unpaired) electrons. The van der Waals surface area contributed by atoms with E-state index < -0.39 is 0 Å². The van der Waals surface area contributed by atoms with Crippen LogP contribution < -0.4 is 0 Å². The smallest absolute Gasteiger partial charge is 0.164 e. The lowest BCUT2D eigenvalue weighted by Crippen LogP contribution is -2.02. The molecular formula is C52H32N6. The molecule has 0 atom stereocenters. The van der Waals surface area contributed by atoms with E-state index in [1.165, 1.54) is 10.8 Å². The topological polar surface area (TPSA) is 72.3 Å². The number of rotatable bonds is 6. The maximum absolute atomic E-state index is 9.63. The number of fused-ring (bicyclic) bond motifs is 6. The minimum absolute atomic E-state index is 0.566. The molecule has 270 valence electrons. The van der Waals surface area contributed by atoms with Crippen LogP contribution in [0.4, 0.5) is 0 Å². The van der Waals surface area contributed by atoms with Gasteiger partial charge in [-0.3, -0.25) is 0 Å². The van der Waals surface area contributed by atoms with Crippen molar-refractivity contribution in [1.29, 1.82) is 5.26 Å². The van der Waals surface area contributed by atoms with Crippen molar-refractivity contribution in [1.82, 2.24) is 24.1 Å².